The molecule has 0 N–H and O–H groups in total. The number of hydrogen-bond acceptors (Lipinski definition) is 7. The van der Waals surface area contributed by atoms with Crippen molar-refractivity contribution in [3.63, 3.8) is 0 Å². The van der Waals surface area contributed by atoms with Gasteiger partial charge in [0.1, 0.15) is 18.7 Å². The maximum Gasteiger partial charge on any atom is 0.337 e. The predicted octanol–water partition coefficient (Wildman–Crippen LogP) is 3.31. The summed E-state index contributed by atoms with van der Waals surface area (Å²) in [5, 5.41) is 0.399. The van der Waals surface area contributed by atoms with Crippen molar-refractivity contribution < 1.29 is 23.8 Å². The van der Waals surface area contributed by atoms with Crippen LogP contribution in [0.1, 0.15) is 36.7 Å². The highest BCUT2D eigenvalue weighted by molar-refractivity contribution is 5.89. The van der Waals surface area contributed by atoms with Crippen LogP contribution in [0.4, 0.5) is 0 Å². The van der Waals surface area contributed by atoms with Gasteiger partial charge in [0.15, 0.2) is 6.73 Å². The van der Waals surface area contributed by atoms with Crippen molar-refractivity contribution in [3.05, 3.63) is 70.3 Å². The monoisotopic (exact) mass is 424 g/mol. The van der Waals surface area contributed by atoms with E-state index in [1.54, 1.807) is 57.2 Å². The number of rotatable bonds is 6. The van der Waals surface area contributed by atoms with E-state index in [1.165, 1.54) is 18.0 Å². The summed E-state index contributed by atoms with van der Waals surface area (Å²) in [5.74, 6) is -0.247. The summed E-state index contributed by atoms with van der Waals surface area (Å²) in [6, 6.07) is 11.8. The Labute approximate surface area is 179 Å². The number of carbonyl (C=O) groups excluding carboxylic acids is 2. The van der Waals surface area contributed by atoms with Crippen molar-refractivity contribution in [1.82, 2.24) is 9.55 Å². The van der Waals surface area contributed by atoms with Gasteiger partial charge in [-0.25, -0.2) is 9.78 Å². The van der Waals surface area contributed by atoms with Crippen LogP contribution in [-0.4, -0.2) is 28.6 Å². The molecule has 8 heteroatoms. The average molecular weight is 424 g/mol. The van der Waals surface area contributed by atoms with E-state index in [0.29, 0.717) is 22.2 Å². The summed E-state index contributed by atoms with van der Waals surface area (Å²) in [5.41, 5.74) is 0.769. The number of hydrogen-bond donors (Lipinski definition) is 0. The number of nitrogens with zero attached hydrogens (tertiary/aromatic N) is 2. The standard InChI is InChI=1S/C23H24N2O6/c1-23(2,3)22(28)31-14-25-13-24-19-10-5-15(11-18(19)20(25)26)12-30-17-8-6-16(7-9-17)21(27)29-4/h5-11,13H,12,14H2,1-4H3. The highest BCUT2D eigenvalue weighted by Gasteiger charge is 2.23. The Hall–Kier alpha value is -3.68. The molecule has 0 atom stereocenters. The second-order valence-electron chi connectivity index (χ2n) is 7.99. The van der Waals surface area contributed by atoms with Crippen LogP contribution in [0.5, 0.6) is 5.75 Å². The lowest BCUT2D eigenvalue weighted by molar-refractivity contribution is -0.157. The van der Waals surface area contributed by atoms with Crippen LogP contribution < -0.4 is 10.3 Å². The van der Waals surface area contributed by atoms with Crippen LogP contribution in [0.15, 0.2) is 53.6 Å². The summed E-state index contributed by atoms with van der Waals surface area (Å²) in [6.07, 6.45) is 1.36. The van der Waals surface area contributed by atoms with Crippen molar-refractivity contribution in [2.45, 2.75) is 34.1 Å². The molecule has 0 radical (unpaired) electrons. The lowest BCUT2D eigenvalue weighted by Gasteiger charge is -2.17. The quantitative estimate of drug-likeness (QED) is 0.560. The fourth-order valence-corrected chi connectivity index (χ4v) is 2.70. The van der Waals surface area contributed by atoms with Gasteiger partial charge in [-0.05, 0) is 62.7 Å². The number of benzene rings is 2. The van der Waals surface area contributed by atoms with Gasteiger partial charge in [0.25, 0.3) is 5.56 Å². The summed E-state index contributed by atoms with van der Waals surface area (Å²) < 4.78 is 16.9. The molecule has 0 unspecified atom stereocenters. The molecule has 0 saturated carbocycles. The molecule has 3 aromatic rings. The largest absolute Gasteiger partial charge is 0.489 e. The maximum atomic E-state index is 12.8. The third kappa shape index (κ3) is 5.28. The Morgan fingerprint density at radius 3 is 2.42 bits per heavy atom. The van der Waals surface area contributed by atoms with Gasteiger partial charge in [-0.15, -0.1) is 0 Å². The molecule has 0 aliphatic rings. The van der Waals surface area contributed by atoms with Crippen LogP contribution in [0, 0.1) is 5.41 Å². The first-order valence-corrected chi connectivity index (χ1v) is 9.65. The van der Waals surface area contributed by atoms with Gasteiger partial charge in [-0.1, -0.05) is 6.07 Å². The molecule has 0 amide bonds. The van der Waals surface area contributed by atoms with Crippen molar-refractivity contribution in [2.75, 3.05) is 7.11 Å². The SMILES string of the molecule is COC(=O)c1ccc(OCc2ccc3ncn(COC(=O)C(C)(C)C)c(=O)c3c2)cc1. The fraction of sp³-hybridized carbons (Fsp3) is 0.304. The minimum atomic E-state index is -0.659. The first-order valence-electron chi connectivity index (χ1n) is 9.65. The molecule has 3 rings (SSSR count). The van der Waals surface area contributed by atoms with Crippen LogP contribution in [0.25, 0.3) is 10.9 Å². The summed E-state index contributed by atoms with van der Waals surface area (Å²) in [7, 11) is 1.32. The van der Waals surface area contributed by atoms with Gasteiger partial charge in [-0.3, -0.25) is 14.2 Å². The molecule has 31 heavy (non-hydrogen) atoms. The molecule has 0 spiro atoms. The molecule has 0 aliphatic carbocycles. The van der Waals surface area contributed by atoms with E-state index in [4.69, 9.17) is 9.47 Å². The maximum absolute atomic E-state index is 12.8. The lowest BCUT2D eigenvalue weighted by Crippen LogP contribution is -2.28. The lowest BCUT2D eigenvalue weighted by atomic mass is 9.98. The Bertz CT molecular complexity index is 1160. The molecule has 8 nitrogen and oxygen atoms in total. The molecule has 0 saturated heterocycles. The topological polar surface area (TPSA) is 96.7 Å². The first-order chi connectivity index (χ1) is 14.7. The van der Waals surface area contributed by atoms with Gasteiger partial charge >= 0.3 is 11.9 Å². The molecule has 2 aromatic carbocycles. The number of fused-ring (bicyclic) bond motifs is 1. The Balaban J connectivity index is 1.74. The Morgan fingerprint density at radius 2 is 1.77 bits per heavy atom. The normalized spacial score (nSPS) is 11.2. The fourth-order valence-electron chi connectivity index (χ4n) is 2.70. The zero-order valence-corrected chi connectivity index (χ0v) is 17.9. The summed E-state index contributed by atoms with van der Waals surface area (Å²) in [4.78, 5) is 40.5. The van der Waals surface area contributed by atoms with Crippen LogP contribution in [0.3, 0.4) is 0 Å². The van der Waals surface area contributed by atoms with Gasteiger partial charge in [-0.2, -0.15) is 0 Å². The Morgan fingerprint density at radius 1 is 1.06 bits per heavy atom. The first kappa shape index (κ1) is 22.0. The van der Waals surface area contributed by atoms with Gasteiger partial charge < -0.3 is 14.2 Å². The summed E-state index contributed by atoms with van der Waals surface area (Å²) >= 11 is 0. The Kier molecular flexibility index (Phi) is 6.39. The summed E-state index contributed by atoms with van der Waals surface area (Å²) in [6.45, 7) is 5.25. The zero-order valence-electron chi connectivity index (χ0n) is 17.9. The van der Waals surface area contributed by atoms with Crippen molar-refractivity contribution in [1.29, 1.82) is 0 Å². The van der Waals surface area contributed by atoms with Crippen molar-refractivity contribution >= 4 is 22.8 Å². The minimum Gasteiger partial charge on any atom is -0.489 e. The minimum absolute atomic E-state index is 0.203. The third-order valence-corrected chi connectivity index (χ3v) is 4.52. The van der Waals surface area contributed by atoms with Crippen molar-refractivity contribution in [2.24, 2.45) is 5.41 Å². The smallest absolute Gasteiger partial charge is 0.337 e. The number of ether oxygens (including phenoxy) is 3. The van der Waals surface area contributed by atoms with E-state index in [0.717, 1.165) is 5.56 Å². The predicted molar refractivity (Wildman–Crippen MR) is 114 cm³/mol. The number of carbonyl (C=O) groups is 2. The van der Waals surface area contributed by atoms with Crippen LogP contribution in [-0.2, 0) is 27.6 Å². The van der Waals surface area contributed by atoms with Crippen LogP contribution >= 0.6 is 0 Å². The second-order valence-corrected chi connectivity index (χ2v) is 7.99. The van der Waals surface area contributed by atoms with Gasteiger partial charge in [0.2, 0.25) is 0 Å². The van der Waals surface area contributed by atoms with E-state index in [-0.39, 0.29) is 18.9 Å². The van der Waals surface area contributed by atoms with E-state index < -0.39 is 17.4 Å². The molecule has 1 aromatic heterocycles. The van der Waals surface area contributed by atoms with Gasteiger partial charge in [0.05, 0.1) is 29.0 Å². The molecule has 1 heterocycles. The van der Waals surface area contributed by atoms with E-state index >= 15 is 0 Å². The van der Waals surface area contributed by atoms with Gasteiger partial charge in [0, 0.05) is 0 Å². The van der Waals surface area contributed by atoms with E-state index in [1.807, 2.05) is 6.07 Å². The van der Waals surface area contributed by atoms with E-state index in [2.05, 4.69) is 9.72 Å². The molecule has 162 valence electrons. The second kappa shape index (κ2) is 8.99. The highest BCUT2D eigenvalue weighted by Crippen LogP contribution is 2.17. The highest BCUT2D eigenvalue weighted by atomic mass is 16.5. The zero-order chi connectivity index (χ0) is 22.6. The van der Waals surface area contributed by atoms with Crippen LogP contribution in [0.2, 0.25) is 0 Å². The molecule has 0 aliphatic heterocycles. The number of aromatic nitrogens is 2. The molecule has 0 fully saturated rings. The average Bonchev–Trinajstić information content (AvgIpc) is 2.76. The van der Waals surface area contributed by atoms with E-state index in [9.17, 15) is 14.4 Å². The number of esters is 2. The molecule has 0 bridgehead atoms. The third-order valence-electron chi connectivity index (χ3n) is 4.52. The molecular formula is C23H24N2O6. The van der Waals surface area contributed by atoms with Crippen molar-refractivity contribution in [3.8, 4) is 5.75 Å². The molecular weight excluding hydrogens is 400 g/mol. The number of methoxy groups -OCH3 is 1.